The number of allylic oxidation sites excluding steroid dienone is 2. The summed E-state index contributed by atoms with van der Waals surface area (Å²) in [5, 5.41) is 0. The second-order valence-electron chi connectivity index (χ2n) is 11.7. The van der Waals surface area contributed by atoms with E-state index in [0.717, 1.165) is 25.2 Å². The number of carbonyl (C=O) groups excluding carboxylic acids is 3. The Morgan fingerprint density at radius 3 is 1.93 bits per heavy atom. The van der Waals surface area contributed by atoms with Gasteiger partial charge < -0.3 is 0 Å². The summed E-state index contributed by atoms with van der Waals surface area (Å²) in [6.07, 6.45) is 6.42. The molecular formula is C25H38O3. The molecule has 3 atom stereocenters. The van der Waals surface area contributed by atoms with Gasteiger partial charge in [-0.3, -0.25) is 14.4 Å². The number of ketones is 3. The molecule has 0 amide bonds. The Balaban J connectivity index is 1.95. The minimum atomic E-state index is -1.08. The molecule has 0 saturated heterocycles. The highest BCUT2D eigenvalue weighted by molar-refractivity contribution is 6.28. The van der Waals surface area contributed by atoms with E-state index in [1.165, 1.54) is 12.0 Å². The zero-order valence-electron chi connectivity index (χ0n) is 19.0. The highest BCUT2D eigenvalue weighted by Gasteiger charge is 2.60. The number of hydrogen-bond acceptors (Lipinski definition) is 3. The Bertz CT molecular complexity index is 705. The lowest BCUT2D eigenvalue weighted by atomic mass is 9.47. The first kappa shape index (κ1) is 21.5. The fraction of sp³-hybridized carbons (Fsp3) is 0.800. The summed E-state index contributed by atoms with van der Waals surface area (Å²) in [5.74, 6) is 0.549. The van der Waals surface area contributed by atoms with E-state index >= 15 is 0 Å². The Labute approximate surface area is 170 Å². The van der Waals surface area contributed by atoms with Crippen molar-refractivity contribution >= 4 is 17.3 Å². The van der Waals surface area contributed by atoms with E-state index in [2.05, 4.69) is 33.8 Å². The maximum absolute atomic E-state index is 13.4. The van der Waals surface area contributed by atoms with E-state index < -0.39 is 16.7 Å². The van der Waals surface area contributed by atoms with Gasteiger partial charge in [0.25, 0.3) is 0 Å². The lowest BCUT2D eigenvalue weighted by Gasteiger charge is -2.57. The molecule has 0 aromatic carbocycles. The van der Waals surface area contributed by atoms with E-state index in [1.807, 2.05) is 0 Å². The van der Waals surface area contributed by atoms with Crippen molar-refractivity contribution < 1.29 is 14.4 Å². The van der Waals surface area contributed by atoms with Crippen LogP contribution in [0.5, 0.6) is 0 Å². The summed E-state index contributed by atoms with van der Waals surface area (Å²) in [7, 11) is 0. The van der Waals surface area contributed by atoms with Gasteiger partial charge in [-0.25, -0.2) is 0 Å². The predicted octanol–water partition coefficient (Wildman–Crippen LogP) is 5.42. The van der Waals surface area contributed by atoms with Crippen molar-refractivity contribution in [3.8, 4) is 0 Å². The zero-order chi connectivity index (χ0) is 21.2. The van der Waals surface area contributed by atoms with Crippen molar-refractivity contribution in [3.05, 3.63) is 11.6 Å². The van der Waals surface area contributed by atoms with E-state index in [-0.39, 0.29) is 23.3 Å². The summed E-state index contributed by atoms with van der Waals surface area (Å²) in [4.78, 5) is 39.6. The van der Waals surface area contributed by atoms with Crippen LogP contribution in [0.25, 0.3) is 0 Å². The molecule has 4 aliphatic carbocycles. The Hall–Kier alpha value is -1.25. The van der Waals surface area contributed by atoms with Crippen molar-refractivity contribution in [2.24, 2.45) is 45.8 Å². The van der Waals surface area contributed by atoms with Gasteiger partial charge in [-0.1, -0.05) is 39.3 Å². The molecule has 4 rings (SSSR count). The van der Waals surface area contributed by atoms with E-state index in [0.29, 0.717) is 17.3 Å². The van der Waals surface area contributed by atoms with Gasteiger partial charge in [0, 0.05) is 0 Å². The third-order valence-corrected chi connectivity index (χ3v) is 8.26. The first-order valence-corrected chi connectivity index (χ1v) is 11.0. The largest absolute Gasteiger partial charge is 0.298 e. The van der Waals surface area contributed by atoms with E-state index in [9.17, 15) is 14.4 Å². The Morgan fingerprint density at radius 1 is 0.964 bits per heavy atom. The molecule has 0 spiro atoms. The Morgan fingerprint density at radius 2 is 1.50 bits per heavy atom. The molecule has 0 heterocycles. The van der Waals surface area contributed by atoms with Gasteiger partial charge in [0.1, 0.15) is 0 Å². The van der Waals surface area contributed by atoms with E-state index in [4.69, 9.17) is 0 Å². The van der Waals surface area contributed by atoms with Crippen LogP contribution >= 0.6 is 0 Å². The third kappa shape index (κ3) is 3.04. The van der Waals surface area contributed by atoms with Crippen LogP contribution in [0.2, 0.25) is 0 Å². The number of fused-ring (bicyclic) bond motifs is 1. The maximum atomic E-state index is 13.4. The molecule has 3 nitrogen and oxygen atoms in total. The van der Waals surface area contributed by atoms with Crippen LogP contribution in [-0.2, 0) is 14.4 Å². The highest BCUT2D eigenvalue weighted by Crippen LogP contribution is 2.60. The first-order valence-electron chi connectivity index (χ1n) is 11.0. The summed E-state index contributed by atoms with van der Waals surface area (Å²) in [6, 6.07) is 0. The summed E-state index contributed by atoms with van der Waals surface area (Å²) >= 11 is 0. The molecule has 0 aromatic rings. The predicted molar refractivity (Wildman–Crippen MR) is 112 cm³/mol. The van der Waals surface area contributed by atoms with Gasteiger partial charge in [0.05, 0.1) is 16.7 Å². The average molecular weight is 387 g/mol. The smallest absolute Gasteiger partial charge is 0.158 e. The first-order chi connectivity index (χ1) is 12.7. The minimum absolute atomic E-state index is 0.00847. The molecule has 0 radical (unpaired) electrons. The number of Topliss-reactive ketones (excluding diaryl/α,β-unsaturated/α-hetero) is 3. The van der Waals surface area contributed by atoms with Gasteiger partial charge in [-0.15, -0.1) is 0 Å². The molecule has 156 valence electrons. The van der Waals surface area contributed by atoms with Gasteiger partial charge in [0.2, 0.25) is 0 Å². The second kappa shape index (κ2) is 6.64. The second-order valence-corrected chi connectivity index (χ2v) is 11.7. The molecular weight excluding hydrogens is 348 g/mol. The molecule has 2 saturated carbocycles. The fourth-order valence-electron chi connectivity index (χ4n) is 6.28. The van der Waals surface area contributed by atoms with Crippen molar-refractivity contribution in [1.29, 1.82) is 0 Å². The summed E-state index contributed by atoms with van der Waals surface area (Å²) in [6.45, 7) is 15.9. The van der Waals surface area contributed by atoms with Gasteiger partial charge in [-0.2, -0.15) is 0 Å². The van der Waals surface area contributed by atoms with Crippen LogP contribution in [0.4, 0.5) is 0 Å². The average Bonchev–Trinajstić information content (AvgIpc) is 2.59. The lowest BCUT2D eigenvalue weighted by molar-refractivity contribution is -0.162. The number of hydrogen-bond donors (Lipinski definition) is 0. The van der Waals surface area contributed by atoms with Crippen LogP contribution in [0.1, 0.15) is 81.1 Å². The standard InChI is InChI=1S/C25H38O3/c1-14(2)11-16(12-15-9-10-17-13-18(15)23(17,3)4)19-20(26)24(5,6)22(28)25(7,8)21(19)27/h9,14,16-19H,10-13H2,1-8H3/t16?,17?,18-/m0/s1. The fourth-order valence-corrected chi connectivity index (χ4v) is 6.28. The highest BCUT2D eigenvalue weighted by atomic mass is 16.2. The zero-order valence-corrected chi connectivity index (χ0v) is 19.0. The summed E-state index contributed by atoms with van der Waals surface area (Å²) in [5.41, 5.74) is -0.383. The molecule has 3 heteroatoms. The Kier molecular flexibility index (Phi) is 5.09. The van der Waals surface area contributed by atoms with E-state index in [1.54, 1.807) is 27.7 Å². The normalized spacial score (nSPS) is 32.2. The van der Waals surface area contributed by atoms with Gasteiger partial charge in [0.15, 0.2) is 17.3 Å². The van der Waals surface area contributed by atoms with Crippen LogP contribution in [-0.4, -0.2) is 17.3 Å². The van der Waals surface area contributed by atoms with Crippen LogP contribution in [0.15, 0.2) is 11.6 Å². The molecule has 2 fully saturated rings. The molecule has 0 N–H and O–H groups in total. The van der Waals surface area contributed by atoms with Gasteiger partial charge >= 0.3 is 0 Å². The monoisotopic (exact) mass is 386 g/mol. The molecule has 4 aliphatic rings. The lowest BCUT2D eigenvalue weighted by Crippen LogP contribution is -2.59. The number of rotatable bonds is 5. The van der Waals surface area contributed by atoms with Crippen molar-refractivity contribution in [3.63, 3.8) is 0 Å². The summed E-state index contributed by atoms with van der Waals surface area (Å²) < 4.78 is 0. The molecule has 0 aliphatic heterocycles. The van der Waals surface area contributed by atoms with Crippen molar-refractivity contribution in [1.82, 2.24) is 0 Å². The molecule has 28 heavy (non-hydrogen) atoms. The van der Waals surface area contributed by atoms with Crippen LogP contribution < -0.4 is 0 Å². The molecule has 2 bridgehead atoms. The minimum Gasteiger partial charge on any atom is -0.298 e. The van der Waals surface area contributed by atoms with Crippen molar-refractivity contribution in [2.45, 2.75) is 81.1 Å². The SMILES string of the molecule is CC(C)CC(CC1=CCC2C[C@@H]1C2(C)C)C1C(=O)C(C)(C)C(=O)C(C)(C)C1=O. The number of carbonyl (C=O) groups is 3. The van der Waals surface area contributed by atoms with Crippen LogP contribution in [0.3, 0.4) is 0 Å². The van der Waals surface area contributed by atoms with Gasteiger partial charge in [-0.05, 0) is 82.5 Å². The molecule has 0 aromatic heterocycles. The van der Waals surface area contributed by atoms with Crippen LogP contribution in [0, 0.1) is 45.8 Å². The van der Waals surface area contributed by atoms with Crippen molar-refractivity contribution in [2.75, 3.05) is 0 Å². The topological polar surface area (TPSA) is 51.2 Å². The maximum Gasteiger partial charge on any atom is 0.158 e. The third-order valence-electron chi connectivity index (χ3n) is 8.26. The quantitative estimate of drug-likeness (QED) is 0.468. The molecule has 2 unspecified atom stereocenters.